The zero-order valence-corrected chi connectivity index (χ0v) is 88.7. The average molecular weight is 1920 g/mol. The van der Waals surface area contributed by atoms with Crippen LogP contribution in [0.3, 0.4) is 0 Å². The molecule has 1 aliphatic heterocycles. The Morgan fingerprint density at radius 2 is 0.706 bits per heavy atom. The number of hydrogen-bond acceptors (Lipinski definition) is 13. The van der Waals surface area contributed by atoms with Gasteiger partial charge in [0.1, 0.15) is 29.6 Å². The van der Waals surface area contributed by atoms with Gasteiger partial charge in [0.15, 0.2) is 0 Å². The standard InChI is InChI=1S/C26H41NO.C26H36O2S.C25H36N2O.C22H33FO2S.C22H34O2S/c1-18(17-27-14-4-5-15-27)23-8-9-24-22-7-6-19-16-25(2,28)12-10-20(19)21(22)11-13-26(23,24)3;1-25-12-10-20-19-11-14-26(28,13-9-17-3-4-17)15-18(19)5-6-21(20)22(25)7-8-23(25)24(27)16-29-2;1-17(15-27-13-12-26-16-27)22-6-7-23-21-5-4-18-14-24(2,28)10-8-19(18)20(21)9-11-25(22,23)3;1-21-9-7-16-15-8-10-22(25,13-23)11-14(15)3-4-17(16)18(21)5-6-19(21)20(24)12-26-2;1-21(24)10-8-15-14(12-21)4-5-17-16(15)9-11-22(2)18(17)6-7-19(22)20(23)13-25-3/h6,20-24,28H,1,4-5,7-17H2,2-3H3;5,17,19-23,28H,3-4,6-8,10-12,14-16H2,1-2H3;4,12-13,16,19-23,28H,1,5-11,14-15H2,2-3H3;3,15-19,25H,4-13H2,1-2H3;4,15-19,24H,5-13H2,1-3H3/t20-,21+,22+,23+,24-,25+,26+;19-,20+,21+,22-,23+,25-,26+;19-,20+,21+,22+,23-,24+,25+;15-,16+,17+,18-,19+,21-,22+;15-,16+,17+,18-,19+,21+,22-/m00000/s1. The van der Waals surface area contributed by atoms with Crippen molar-refractivity contribution in [1.29, 1.82) is 0 Å². The Morgan fingerprint density at radius 3 is 1.04 bits per heavy atom. The molecule has 1 aromatic heterocycles. The summed E-state index contributed by atoms with van der Waals surface area (Å²) in [5.41, 5.74) is 8.80. The van der Waals surface area contributed by atoms with Gasteiger partial charge in [-0.05, 0) is 486 Å². The second kappa shape index (κ2) is 40.2. The minimum Gasteiger partial charge on any atom is -0.390 e. The third-order valence-electron chi connectivity index (χ3n) is 45.2. The van der Waals surface area contributed by atoms with E-state index in [1.165, 1.54) is 197 Å². The second-order valence-electron chi connectivity index (χ2n) is 52.9. The summed E-state index contributed by atoms with van der Waals surface area (Å²) in [7, 11) is 0. The third-order valence-corrected chi connectivity index (χ3v) is 46.9. The number of aromatic nitrogens is 2. The quantitative estimate of drug-likeness (QED) is 0.0782. The van der Waals surface area contributed by atoms with E-state index in [4.69, 9.17) is 0 Å². The molecule has 16 saturated carbocycles. The van der Waals surface area contributed by atoms with Crippen LogP contribution in [0.5, 0.6) is 0 Å². The molecule has 21 aliphatic carbocycles. The fourth-order valence-corrected chi connectivity index (χ4v) is 39.9. The van der Waals surface area contributed by atoms with Gasteiger partial charge in [-0.25, -0.2) is 9.37 Å². The van der Waals surface area contributed by atoms with Gasteiger partial charge in [0.05, 0.1) is 46.0 Å². The van der Waals surface area contributed by atoms with Gasteiger partial charge in [-0.3, -0.25) is 19.3 Å². The number of thioether (sulfide) groups is 3. The van der Waals surface area contributed by atoms with E-state index in [9.17, 15) is 44.3 Å². The molecule has 15 heteroatoms. The number of carbonyl (C=O) groups is 3. The molecule has 0 bridgehead atoms. The van der Waals surface area contributed by atoms with E-state index in [-0.39, 0.29) is 22.2 Å². The van der Waals surface area contributed by atoms with E-state index in [1.807, 2.05) is 39.6 Å². The second-order valence-corrected chi connectivity index (χ2v) is 55.5. The first-order valence-electron chi connectivity index (χ1n) is 56.2. The minimum atomic E-state index is -1.11. The highest BCUT2D eigenvalue weighted by molar-refractivity contribution is 7.99. The lowest BCUT2D eigenvalue weighted by atomic mass is 9.51. The Labute approximate surface area is 834 Å². The predicted molar refractivity (Wildman–Crippen MR) is 557 cm³/mol. The van der Waals surface area contributed by atoms with Crippen LogP contribution in [0.4, 0.5) is 4.39 Å². The molecule has 17 fully saturated rings. The average Bonchev–Trinajstić information content (AvgIpc) is 1.62. The Balaban J connectivity index is 0.000000109. The van der Waals surface area contributed by atoms with Crippen LogP contribution in [-0.2, 0) is 20.9 Å². The van der Waals surface area contributed by atoms with E-state index < -0.39 is 34.7 Å². The molecule has 23 rings (SSSR count). The van der Waals surface area contributed by atoms with Gasteiger partial charge in [0.2, 0.25) is 0 Å². The number of Topliss-reactive ketones (excluding diaryl/α,β-unsaturated/α-hetero) is 3. The summed E-state index contributed by atoms with van der Waals surface area (Å²) in [6.45, 7) is 31.8. The SMILES string of the molecule is C=C(CN1CCCC1)[C@H]1CC[C@H]2[C@@H]3CC=C4C[C@](C)(O)CC[C@@H]4[C@H]3CC[C@]12C.C=C(Cn1ccnc1)[C@H]1CC[C@H]2[C@@H]3CC=C4C[C@](C)(O)CC[C@@H]4[C@H]3CC[C@]12C.CSCC(=O)[C@H]1CC[C@H]2[C@@H]3CC=C4C[C@@](O)(C#CC5CC5)CC[C@@H]4[C@H]3CC[C@]12C.CSCC(=O)[C@H]1CC[C@H]2[C@@H]3CC=C4C[C@@](O)(CF)CC[C@@H]4[C@H]3CC[C@]12C.CSCC(=O)[C@H]1CC[C@H]2[C@@H]3CC=C4C[C@](C)(O)CC[C@@H]4[C@H]3CC[C@]12C. The maximum atomic E-state index is 13.3. The molecule has 1 aromatic rings. The molecule has 0 aromatic carbocycles. The topological polar surface area (TPSA) is 173 Å². The number of alkyl halides is 1. The van der Waals surface area contributed by atoms with E-state index in [2.05, 4.69) is 123 Å². The lowest BCUT2D eigenvalue weighted by molar-refractivity contribution is -0.127. The molecule has 136 heavy (non-hydrogen) atoms. The van der Waals surface area contributed by atoms with Gasteiger partial charge in [-0.1, -0.05) is 129 Å². The van der Waals surface area contributed by atoms with Crippen molar-refractivity contribution < 1.29 is 44.3 Å². The largest absolute Gasteiger partial charge is 0.390 e. The van der Waals surface area contributed by atoms with Crippen molar-refractivity contribution in [2.45, 2.75) is 372 Å². The number of halogens is 1. The molecule has 1 saturated heterocycles. The minimum absolute atomic E-state index is 0.188. The molecule has 11 nitrogen and oxygen atoms in total. The third kappa shape index (κ3) is 19.6. The predicted octanol–water partition coefficient (Wildman–Crippen LogP) is 25.9. The molecule has 2 heterocycles. The fourth-order valence-electron chi connectivity index (χ4n) is 38.5. The molecule has 5 N–H and O–H groups in total. The van der Waals surface area contributed by atoms with Crippen LogP contribution in [-0.4, -0.2) is 148 Å². The van der Waals surface area contributed by atoms with Crippen molar-refractivity contribution in [1.82, 2.24) is 14.5 Å². The van der Waals surface area contributed by atoms with Crippen molar-refractivity contribution >= 4 is 52.6 Å². The summed E-state index contributed by atoms with van der Waals surface area (Å²) >= 11 is 5.04. The Kier molecular flexibility index (Phi) is 29.9. The summed E-state index contributed by atoms with van der Waals surface area (Å²) in [4.78, 5) is 45.1. The lowest BCUT2D eigenvalue weighted by Crippen LogP contribution is -2.49. The summed E-state index contributed by atoms with van der Waals surface area (Å²) in [6, 6.07) is 0. The first kappa shape index (κ1) is 101. The number of aliphatic hydroxyl groups is 5. The van der Waals surface area contributed by atoms with Crippen molar-refractivity contribution in [3.05, 3.63) is 101 Å². The van der Waals surface area contributed by atoms with Crippen LogP contribution in [0.25, 0.3) is 0 Å². The van der Waals surface area contributed by atoms with Gasteiger partial charge in [0, 0.05) is 55.6 Å². The highest BCUT2D eigenvalue weighted by atomic mass is 32.2. The summed E-state index contributed by atoms with van der Waals surface area (Å²) in [5.74, 6) is 28.2. The van der Waals surface area contributed by atoms with Gasteiger partial charge < -0.3 is 30.1 Å². The summed E-state index contributed by atoms with van der Waals surface area (Å²) in [5, 5.41) is 53.0. The monoisotopic (exact) mass is 1920 g/mol. The summed E-state index contributed by atoms with van der Waals surface area (Å²) < 4.78 is 15.4. The van der Waals surface area contributed by atoms with Crippen molar-refractivity contribution in [2.75, 3.05) is 62.3 Å². The molecular weight excluding hydrogens is 1740 g/mol. The Bertz CT molecular complexity index is 4750. The zero-order valence-electron chi connectivity index (χ0n) is 86.2. The van der Waals surface area contributed by atoms with Gasteiger partial charge >= 0.3 is 0 Å². The van der Waals surface area contributed by atoms with E-state index in [0.717, 1.165) is 199 Å². The lowest BCUT2D eigenvalue weighted by Gasteiger charge is -2.54. The normalized spacial score (nSPS) is 47.1. The fraction of sp³-hybridized carbons (Fsp3) is 0.818. The van der Waals surface area contributed by atoms with Crippen LogP contribution in [0.1, 0.15) is 338 Å². The van der Waals surface area contributed by atoms with E-state index in [1.54, 1.807) is 57.6 Å². The number of hydrogen-bond donors (Lipinski definition) is 5. The Morgan fingerprint density at radius 1 is 0.390 bits per heavy atom. The van der Waals surface area contributed by atoms with Crippen LogP contribution in [0.15, 0.2) is 101 Å². The molecule has 0 unspecified atom stereocenters. The number of carbonyl (C=O) groups excluding carboxylic acids is 3. The zero-order chi connectivity index (χ0) is 95.6. The van der Waals surface area contributed by atoms with E-state index in [0.29, 0.717) is 123 Å². The molecule has 0 amide bonds. The van der Waals surface area contributed by atoms with Gasteiger partial charge in [0.25, 0.3) is 0 Å². The smallest absolute Gasteiger partial charge is 0.146 e. The first-order valence-corrected chi connectivity index (χ1v) is 60.4. The number of likely N-dealkylation sites (tertiary alicyclic amines) is 1. The Hall–Kier alpha value is -3.30. The highest BCUT2D eigenvalue weighted by Gasteiger charge is 2.65. The number of fused-ring (bicyclic) bond motifs is 25. The van der Waals surface area contributed by atoms with Crippen LogP contribution < -0.4 is 0 Å². The maximum Gasteiger partial charge on any atom is 0.146 e. The molecular formula is C121H180FN3O8S3. The van der Waals surface area contributed by atoms with Crippen molar-refractivity contribution in [3.63, 3.8) is 0 Å². The van der Waals surface area contributed by atoms with Crippen LogP contribution >= 0.6 is 35.3 Å². The number of imidazole rings is 1. The van der Waals surface area contributed by atoms with Crippen molar-refractivity contribution in [2.24, 2.45) is 181 Å². The number of allylic oxidation sites excluding steroid dienone is 6. The molecule has 752 valence electrons. The van der Waals surface area contributed by atoms with Crippen LogP contribution in [0.2, 0.25) is 0 Å². The molecule has 35 atom stereocenters. The molecule has 0 radical (unpaired) electrons. The maximum absolute atomic E-state index is 13.3. The highest BCUT2D eigenvalue weighted by Crippen LogP contribution is 2.71. The summed E-state index contributed by atoms with van der Waals surface area (Å²) in [6.07, 6.45) is 75.0. The van der Waals surface area contributed by atoms with Gasteiger partial charge in [-0.2, -0.15) is 35.3 Å². The molecule has 0 spiro atoms. The van der Waals surface area contributed by atoms with Crippen LogP contribution in [0, 0.1) is 193 Å². The number of nitrogens with zero attached hydrogens (tertiary/aromatic N) is 3. The van der Waals surface area contributed by atoms with Gasteiger partial charge in [-0.15, -0.1) is 0 Å². The number of ketones is 3. The van der Waals surface area contributed by atoms with E-state index >= 15 is 0 Å². The van der Waals surface area contributed by atoms with Crippen molar-refractivity contribution in [3.8, 4) is 11.8 Å². The first-order chi connectivity index (χ1) is 64.9. The number of rotatable bonds is 16. The molecule has 22 aliphatic rings.